The Balaban J connectivity index is 2.75. The van der Waals surface area contributed by atoms with Crippen LogP contribution in [0.3, 0.4) is 0 Å². The van der Waals surface area contributed by atoms with Gasteiger partial charge in [-0.3, -0.25) is 9.59 Å². The van der Waals surface area contributed by atoms with Gasteiger partial charge in [0.05, 0.1) is 8.66 Å². The van der Waals surface area contributed by atoms with Crippen LogP contribution in [-0.2, 0) is 9.59 Å². The quantitative estimate of drug-likeness (QED) is 0.821. The number of likely N-dealkylation sites (N-methyl/N-ethyl adjacent to an activating group) is 1. The fourth-order valence-electron chi connectivity index (χ4n) is 1.48. The van der Waals surface area contributed by atoms with Gasteiger partial charge >= 0.3 is 5.97 Å². The van der Waals surface area contributed by atoms with Gasteiger partial charge in [-0.2, -0.15) is 0 Å². The first-order chi connectivity index (χ1) is 9.57. The van der Waals surface area contributed by atoms with Crippen molar-refractivity contribution in [3.05, 3.63) is 20.8 Å². The maximum absolute atomic E-state index is 12.2. The lowest BCUT2D eigenvalue weighted by Crippen LogP contribution is -2.56. The molecule has 0 saturated heterocycles. The number of aliphatic carboxylic acids is 1. The second-order valence-corrected chi connectivity index (χ2v) is 7.52. The van der Waals surface area contributed by atoms with Gasteiger partial charge in [0.15, 0.2) is 0 Å². The molecule has 0 saturated carbocycles. The van der Waals surface area contributed by atoms with Crippen molar-refractivity contribution in [2.75, 3.05) is 7.05 Å². The Hall–Kier alpha value is -1.41. The molecule has 0 fully saturated rings. The maximum Gasteiger partial charge on any atom is 0.329 e. The molecular weight excluding hydrogens is 360 g/mol. The molecule has 116 valence electrons. The number of thiophene rings is 1. The van der Waals surface area contributed by atoms with Gasteiger partial charge in [0.2, 0.25) is 5.91 Å². The van der Waals surface area contributed by atoms with Crippen molar-refractivity contribution >= 4 is 45.1 Å². The van der Waals surface area contributed by atoms with E-state index >= 15 is 0 Å². The van der Waals surface area contributed by atoms with E-state index in [0.717, 1.165) is 8.69 Å². The Morgan fingerprint density at radius 2 is 1.95 bits per heavy atom. The highest BCUT2D eigenvalue weighted by Crippen LogP contribution is 2.22. The van der Waals surface area contributed by atoms with Crippen LogP contribution in [0.25, 0.3) is 0 Å². The summed E-state index contributed by atoms with van der Waals surface area (Å²) in [5, 5.41) is 11.7. The zero-order valence-corrected chi connectivity index (χ0v) is 14.5. The van der Waals surface area contributed by atoms with E-state index in [9.17, 15) is 14.4 Å². The summed E-state index contributed by atoms with van der Waals surface area (Å²) in [6.07, 6.45) is 0. The SMILES string of the molecule is CC(NC(=O)c1ccc(Br)s1)C(=O)N(C)C(C)(C)C(=O)O. The van der Waals surface area contributed by atoms with E-state index in [1.807, 2.05) is 0 Å². The molecule has 0 aliphatic rings. The van der Waals surface area contributed by atoms with Crippen LogP contribution in [0.15, 0.2) is 15.9 Å². The molecule has 1 heterocycles. The van der Waals surface area contributed by atoms with Gasteiger partial charge in [-0.05, 0) is 48.8 Å². The molecule has 2 amide bonds. The van der Waals surface area contributed by atoms with Crippen molar-refractivity contribution in [3.8, 4) is 0 Å². The van der Waals surface area contributed by atoms with Gasteiger partial charge in [-0.15, -0.1) is 11.3 Å². The molecule has 0 bridgehead atoms. The third kappa shape index (κ3) is 4.04. The lowest BCUT2D eigenvalue weighted by Gasteiger charge is -2.33. The molecule has 8 heteroatoms. The first-order valence-corrected chi connectivity index (χ1v) is 7.75. The predicted octanol–water partition coefficient (Wildman–Crippen LogP) is 1.95. The summed E-state index contributed by atoms with van der Waals surface area (Å²) in [6, 6.07) is 2.57. The van der Waals surface area contributed by atoms with Crippen LogP contribution in [0.2, 0.25) is 0 Å². The normalized spacial score (nSPS) is 12.6. The number of carbonyl (C=O) groups is 3. The molecule has 0 aliphatic carbocycles. The molecule has 2 N–H and O–H groups in total. The fourth-order valence-corrected chi connectivity index (χ4v) is 2.76. The van der Waals surface area contributed by atoms with Crippen LogP contribution in [-0.4, -0.2) is 46.4 Å². The van der Waals surface area contributed by atoms with Crippen LogP contribution < -0.4 is 5.32 Å². The van der Waals surface area contributed by atoms with Gasteiger partial charge in [0.25, 0.3) is 5.91 Å². The van der Waals surface area contributed by atoms with Crippen LogP contribution in [0.5, 0.6) is 0 Å². The Labute approximate surface area is 135 Å². The third-order valence-electron chi connectivity index (χ3n) is 3.21. The van der Waals surface area contributed by atoms with Crippen LogP contribution in [0, 0.1) is 0 Å². The second-order valence-electron chi connectivity index (χ2n) is 5.06. The van der Waals surface area contributed by atoms with E-state index in [2.05, 4.69) is 21.2 Å². The topological polar surface area (TPSA) is 86.7 Å². The first-order valence-electron chi connectivity index (χ1n) is 6.14. The van der Waals surface area contributed by atoms with Crippen LogP contribution in [0.4, 0.5) is 0 Å². The van der Waals surface area contributed by atoms with Gasteiger partial charge in [0.1, 0.15) is 11.6 Å². The molecule has 6 nitrogen and oxygen atoms in total. The van der Waals surface area contributed by atoms with Crippen molar-refractivity contribution in [3.63, 3.8) is 0 Å². The van der Waals surface area contributed by atoms with Crippen molar-refractivity contribution in [1.29, 1.82) is 0 Å². The van der Waals surface area contributed by atoms with Crippen LogP contribution in [0.1, 0.15) is 30.4 Å². The Morgan fingerprint density at radius 3 is 2.38 bits per heavy atom. The zero-order valence-electron chi connectivity index (χ0n) is 12.1. The van der Waals surface area contributed by atoms with E-state index in [4.69, 9.17) is 5.11 Å². The Bertz CT molecular complexity index is 570. The minimum Gasteiger partial charge on any atom is -0.480 e. The summed E-state index contributed by atoms with van der Waals surface area (Å²) in [6.45, 7) is 4.38. The maximum atomic E-state index is 12.2. The summed E-state index contributed by atoms with van der Waals surface area (Å²) in [5.41, 5.74) is -1.35. The molecule has 1 aromatic heterocycles. The van der Waals surface area contributed by atoms with E-state index in [0.29, 0.717) is 4.88 Å². The molecule has 0 spiro atoms. The summed E-state index contributed by atoms with van der Waals surface area (Å²) >= 11 is 4.51. The van der Waals surface area contributed by atoms with Crippen molar-refractivity contribution in [2.24, 2.45) is 0 Å². The molecule has 1 rings (SSSR count). The van der Waals surface area contributed by atoms with Gasteiger partial charge in [-0.25, -0.2) is 4.79 Å². The average Bonchev–Trinajstić information content (AvgIpc) is 2.83. The lowest BCUT2D eigenvalue weighted by molar-refractivity contribution is -0.155. The highest BCUT2D eigenvalue weighted by Gasteiger charge is 2.37. The molecule has 0 radical (unpaired) electrons. The van der Waals surface area contributed by atoms with E-state index < -0.39 is 23.5 Å². The molecule has 0 aliphatic heterocycles. The number of carboxylic acids is 1. The van der Waals surface area contributed by atoms with Crippen LogP contribution >= 0.6 is 27.3 Å². The number of hydrogen-bond acceptors (Lipinski definition) is 4. The number of nitrogens with zero attached hydrogens (tertiary/aromatic N) is 1. The van der Waals surface area contributed by atoms with Gasteiger partial charge < -0.3 is 15.3 Å². The first kappa shape index (κ1) is 17.6. The van der Waals surface area contributed by atoms with Crippen molar-refractivity contribution in [1.82, 2.24) is 10.2 Å². The molecule has 1 aromatic rings. The number of carbonyl (C=O) groups excluding carboxylic acids is 2. The summed E-state index contributed by atoms with van der Waals surface area (Å²) in [7, 11) is 1.40. The summed E-state index contributed by atoms with van der Waals surface area (Å²) in [4.78, 5) is 36.9. The molecule has 0 aromatic carbocycles. The highest BCUT2D eigenvalue weighted by molar-refractivity contribution is 9.11. The monoisotopic (exact) mass is 376 g/mol. The predicted molar refractivity (Wildman–Crippen MR) is 83.4 cm³/mol. The highest BCUT2D eigenvalue weighted by atomic mass is 79.9. The Morgan fingerprint density at radius 1 is 1.38 bits per heavy atom. The number of halogens is 1. The van der Waals surface area contributed by atoms with E-state index in [1.165, 1.54) is 39.2 Å². The molecule has 21 heavy (non-hydrogen) atoms. The second kappa shape index (κ2) is 6.57. The number of nitrogens with one attached hydrogen (secondary N) is 1. The van der Waals surface area contributed by atoms with Gasteiger partial charge in [0, 0.05) is 7.05 Å². The Kier molecular flexibility index (Phi) is 5.52. The number of hydrogen-bond donors (Lipinski definition) is 2. The zero-order chi connectivity index (χ0) is 16.4. The largest absolute Gasteiger partial charge is 0.480 e. The summed E-state index contributed by atoms with van der Waals surface area (Å²) in [5.74, 6) is -1.95. The minimum atomic E-state index is -1.35. The van der Waals surface area contributed by atoms with E-state index in [1.54, 1.807) is 12.1 Å². The number of amides is 2. The molecular formula is C13H17BrN2O4S. The third-order valence-corrected chi connectivity index (χ3v) is 4.83. The average molecular weight is 377 g/mol. The van der Waals surface area contributed by atoms with Gasteiger partial charge in [-0.1, -0.05) is 0 Å². The fraction of sp³-hybridized carbons (Fsp3) is 0.462. The number of rotatable bonds is 5. The molecule has 1 unspecified atom stereocenters. The summed E-state index contributed by atoms with van der Waals surface area (Å²) < 4.78 is 0.816. The lowest BCUT2D eigenvalue weighted by atomic mass is 10.0. The smallest absolute Gasteiger partial charge is 0.329 e. The minimum absolute atomic E-state index is 0.368. The standard InChI is InChI=1S/C13H17BrN2O4S/c1-7(11(18)16(4)13(2,3)12(19)20)15-10(17)8-5-6-9(14)21-8/h5-7H,1-4H3,(H,15,17)(H,19,20). The van der Waals surface area contributed by atoms with E-state index in [-0.39, 0.29) is 5.91 Å². The molecule has 1 atom stereocenters. The van der Waals surface area contributed by atoms with Crippen molar-refractivity contribution < 1.29 is 19.5 Å². The van der Waals surface area contributed by atoms with Crippen molar-refractivity contribution in [2.45, 2.75) is 32.4 Å². The number of carboxylic acid groups (broad SMARTS) is 1.